The van der Waals surface area contributed by atoms with Gasteiger partial charge in [-0.25, -0.2) is 13.6 Å². The Hall–Kier alpha value is -2.91. The average molecular weight is 402 g/mol. The summed E-state index contributed by atoms with van der Waals surface area (Å²) in [6.07, 6.45) is 1.30. The molecule has 1 heterocycles. The first-order valence-electron chi connectivity index (χ1n) is 8.73. The first-order valence-corrected chi connectivity index (χ1v) is 10.3. The van der Waals surface area contributed by atoms with E-state index in [-0.39, 0.29) is 10.8 Å². The lowest BCUT2D eigenvalue weighted by molar-refractivity contribution is -0.117. The van der Waals surface area contributed by atoms with Crippen molar-refractivity contribution in [1.82, 2.24) is 0 Å². The van der Waals surface area contributed by atoms with E-state index in [1.165, 1.54) is 12.1 Å². The molecular formula is C19H22N4O4S. The van der Waals surface area contributed by atoms with Crippen LogP contribution in [0.2, 0.25) is 0 Å². The topological polar surface area (TPSA) is 113 Å². The largest absolute Gasteiger partial charge is 0.376 e. The highest BCUT2D eigenvalue weighted by Crippen LogP contribution is 2.28. The molecule has 3 rings (SSSR count). The Morgan fingerprint density at radius 3 is 2.54 bits per heavy atom. The predicted octanol–water partition coefficient (Wildman–Crippen LogP) is 1.78. The van der Waals surface area contributed by atoms with Crippen molar-refractivity contribution in [3.63, 3.8) is 0 Å². The van der Waals surface area contributed by atoms with Crippen LogP contribution in [0, 0.1) is 0 Å². The Morgan fingerprint density at radius 1 is 1.18 bits per heavy atom. The molecular weight excluding hydrogens is 380 g/mol. The molecule has 0 aliphatic carbocycles. The van der Waals surface area contributed by atoms with Crippen LogP contribution in [0.1, 0.15) is 23.2 Å². The number of carbonyl (C=O) groups excluding carboxylic acids is 2. The van der Waals surface area contributed by atoms with Crippen LogP contribution in [-0.4, -0.2) is 40.9 Å². The van der Waals surface area contributed by atoms with Crippen LogP contribution in [0.25, 0.3) is 0 Å². The summed E-state index contributed by atoms with van der Waals surface area (Å²) in [5.74, 6) is -0.378. The van der Waals surface area contributed by atoms with Crippen molar-refractivity contribution in [3.8, 4) is 0 Å². The Bertz CT molecular complexity index is 1030. The Kier molecular flexibility index (Phi) is 5.39. The van der Waals surface area contributed by atoms with Gasteiger partial charge in [-0.1, -0.05) is 6.07 Å². The fourth-order valence-corrected chi connectivity index (χ4v) is 3.65. The number of rotatable bonds is 5. The maximum atomic E-state index is 12.8. The van der Waals surface area contributed by atoms with E-state index < -0.39 is 15.9 Å². The number of nitrogens with one attached hydrogen (secondary N) is 1. The zero-order chi connectivity index (χ0) is 20.5. The number of nitrogens with zero attached hydrogens (tertiary/aromatic N) is 2. The number of anilines is 3. The second-order valence-electron chi connectivity index (χ2n) is 6.77. The second-order valence-corrected chi connectivity index (χ2v) is 8.33. The van der Waals surface area contributed by atoms with Gasteiger partial charge < -0.3 is 15.1 Å². The summed E-state index contributed by atoms with van der Waals surface area (Å²) in [4.78, 5) is 28.0. The zero-order valence-electron chi connectivity index (χ0n) is 15.7. The molecule has 9 heteroatoms. The highest BCUT2D eigenvalue weighted by molar-refractivity contribution is 7.89. The van der Waals surface area contributed by atoms with E-state index in [0.717, 1.165) is 6.42 Å². The number of hydrogen-bond donors (Lipinski definition) is 2. The number of primary sulfonamides is 1. The van der Waals surface area contributed by atoms with Crippen molar-refractivity contribution in [3.05, 3.63) is 48.0 Å². The molecule has 0 atom stereocenters. The number of benzene rings is 2. The minimum absolute atomic E-state index is 0.0355. The molecule has 1 fully saturated rings. The minimum Gasteiger partial charge on any atom is -0.376 e. The van der Waals surface area contributed by atoms with Gasteiger partial charge in [0.2, 0.25) is 15.9 Å². The first-order chi connectivity index (χ1) is 13.2. The third-order valence-electron chi connectivity index (χ3n) is 4.52. The molecule has 0 aromatic heterocycles. The van der Waals surface area contributed by atoms with Gasteiger partial charge in [0.25, 0.3) is 5.91 Å². The summed E-state index contributed by atoms with van der Waals surface area (Å²) >= 11 is 0. The molecule has 2 amide bonds. The summed E-state index contributed by atoms with van der Waals surface area (Å²) in [7, 11) is -0.348. The van der Waals surface area contributed by atoms with Crippen LogP contribution in [0.15, 0.2) is 47.4 Å². The molecule has 0 spiro atoms. The summed E-state index contributed by atoms with van der Waals surface area (Å²) in [6, 6.07) is 11.1. The molecule has 1 saturated heterocycles. The molecule has 0 radical (unpaired) electrons. The molecule has 1 aliphatic heterocycles. The van der Waals surface area contributed by atoms with E-state index in [1.54, 1.807) is 54.2 Å². The van der Waals surface area contributed by atoms with E-state index in [2.05, 4.69) is 5.32 Å². The fraction of sp³-hybridized carbons (Fsp3) is 0.263. The number of amides is 2. The van der Waals surface area contributed by atoms with E-state index >= 15 is 0 Å². The smallest absolute Gasteiger partial charge is 0.255 e. The van der Waals surface area contributed by atoms with E-state index in [4.69, 9.17) is 5.14 Å². The Labute approximate surface area is 164 Å². The van der Waals surface area contributed by atoms with Crippen LogP contribution >= 0.6 is 0 Å². The lowest BCUT2D eigenvalue weighted by Crippen LogP contribution is -2.24. The summed E-state index contributed by atoms with van der Waals surface area (Å²) in [5.41, 5.74) is 1.99. The number of sulfonamides is 1. The molecule has 0 bridgehead atoms. The van der Waals surface area contributed by atoms with E-state index in [0.29, 0.717) is 35.6 Å². The summed E-state index contributed by atoms with van der Waals surface area (Å²) in [5, 5.41) is 7.95. The quantitative estimate of drug-likeness (QED) is 0.792. The van der Waals surface area contributed by atoms with Crippen molar-refractivity contribution in [1.29, 1.82) is 0 Å². The third kappa shape index (κ3) is 4.15. The van der Waals surface area contributed by atoms with Gasteiger partial charge in [-0.2, -0.15) is 0 Å². The highest BCUT2D eigenvalue weighted by Gasteiger charge is 2.22. The van der Waals surface area contributed by atoms with Gasteiger partial charge in [0.05, 0.1) is 16.3 Å². The lowest BCUT2D eigenvalue weighted by atomic mass is 10.1. The van der Waals surface area contributed by atoms with Gasteiger partial charge in [0.15, 0.2) is 0 Å². The van der Waals surface area contributed by atoms with Crippen molar-refractivity contribution >= 4 is 38.9 Å². The van der Waals surface area contributed by atoms with Crippen LogP contribution in [-0.2, 0) is 14.8 Å². The number of nitrogens with two attached hydrogens (primary N) is 1. The molecule has 2 aromatic rings. The van der Waals surface area contributed by atoms with Gasteiger partial charge in [-0.05, 0) is 42.8 Å². The van der Waals surface area contributed by atoms with Crippen LogP contribution in [0.5, 0.6) is 0 Å². The Balaban J connectivity index is 1.91. The van der Waals surface area contributed by atoms with Crippen LogP contribution in [0.4, 0.5) is 17.1 Å². The van der Waals surface area contributed by atoms with E-state index in [9.17, 15) is 18.0 Å². The minimum atomic E-state index is -3.91. The maximum Gasteiger partial charge on any atom is 0.255 e. The lowest BCUT2D eigenvalue weighted by Gasteiger charge is -2.19. The molecule has 3 N–H and O–H groups in total. The van der Waals surface area contributed by atoms with Gasteiger partial charge in [0.1, 0.15) is 0 Å². The summed E-state index contributed by atoms with van der Waals surface area (Å²) < 4.78 is 23.3. The molecule has 148 valence electrons. The average Bonchev–Trinajstić information content (AvgIpc) is 3.06. The van der Waals surface area contributed by atoms with E-state index in [1.807, 2.05) is 0 Å². The molecule has 2 aromatic carbocycles. The standard InChI is InChI=1S/C19H22N4O4S/c1-22(2)17-9-8-15(28(20,26)27)12-16(17)21-19(25)13-5-3-6-14(11-13)23-10-4-7-18(23)24/h3,5-6,8-9,11-12H,4,7,10H2,1-2H3,(H,21,25)(H2,20,26,27). The molecule has 0 unspecified atom stereocenters. The first kappa shape index (κ1) is 19.8. The maximum absolute atomic E-state index is 12.8. The molecule has 0 saturated carbocycles. The molecule has 1 aliphatic rings. The second kappa shape index (κ2) is 7.61. The van der Waals surface area contributed by atoms with Gasteiger partial charge >= 0.3 is 0 Å². The van der Waals surface area contributed by atoms with Crippen LogP contribution < -0.4 is 20.3 Å². The normalized spacial score (nSPS) is 14.2. The Morgan fingerprint density at radius 2 is 1.93 bits per heavy atom. The van der Waals surface area contributed by atoms with Gasteiger partial charge in [-0.15, -0.1) is 0 Å². The van der Waals surface area contributed by atoms with Gasteiger partial charge in [0, 0.05) is 38.3 Å². The summed E-state index contributed by atoms with van der Waals surface area (Å²) in [6.45, 7) is 0.630. The highest BCUT2D eigenvalue weighted by atomic mass is 32.2. The monoisotopic (exact) mass is 402 g/mol. The van der Waals surface area contributed by atoms with Crippen molar-refractivity contribution in [2.45, 2.75) is 17.7 Å². The van der Waals surface area contributed by atoms with Crippen molar-refractivity contribution in [2.24, 2.45) is 5.14 Å². The number of hydrogen-bond acceptors (Lipinski definition) is 5. The molecule has 8 nitrogen and oxygen atoms in total. The van der Waals surface area contributed by atoms with Gasteiger partial charge in [-0.3, -0.25) is 9.59 Å². The predicted molar refractivity (Wildman–Crippen MR) is 108 cm³/mol. The zero-order valence-corrected chi connectivity index (χ0v) is 16.5. The SMILES string of the molecule is CN(C)c1ccc(S(N)(=O)=O)cc1NC(=O)c1cccc(N2CCCC2=O)c1. The molecule has 28 heavy (non-hydrogen) atoms. The van der Waals surface area contributed by atoms with Crippen molar-refractivity contribution in [2.75, 3.05) is 35.8 Å². The van der Waals surface area contributed by atoms with Crippen LogP contribution in [0.3, 0.4) is 0 Å². The van der Waals surface area contributed by atoms with Crippen molar-refractivity contribution < 1.29 is 18.0 Å². The fourth-order valence-electron chi connectivity index (χ4n) is 3.11. The third-order valence-corrected chi connectivity index (χ3v) is 5.43. The number of carbonyl (C=O) groups is 2.